The number of rotatable bonds is 3. The molecule has 0 saturated heterocycles. The van der Waals surface area contributed by atoms with Crippen molar-refractivity contribution in [3.8, 4) is 5.75 Å². The lowest BCUT2D eigenvalue weighted by Crippen LogP contribution is -2.13. The maximum atomic E-state index is 12.2. The number of amides is 1. The van der Waals surface area contributed by atoms with Crippen LogP contribution in [0, 0.1) is 17.0 Å². The van der Waals surface area contributed by atoms with Crippen LogP contribution in [0.4, 0.5) is 11.4 Å². The Hall–Kier alpha value is -2.41. The van der Waals surface area contributed by atoms with E-state index in [1.807, 2.05) is 6.92 Å². The predicted octanol–water partition coefficient (Wildman–Crippen LogP) is 3.62. The van der Waals surface area contributed by atoms with Crippen LogP contribution in [0.5, 0.6) is 5.75 Å². The van der Waals surface area contributed by atoms with E-state index >= 15 is 0 Å². The third-order valence-electron chi connectivity index (χ3n) is 2.80. The summed E-state index contributed by atoms with van der Waals surface area (Å²) in [6.07, 6.45) is 0. The average molecular weight is 351 g/mol. The molecule has 0 radical (unpaired) electrons. The maximum Gasteiger partial charge on any atom is 0.296 e. The molecule has 2 N–H and O–H groups in total. The van der Waals surface area contributed by atoms with Gasteiger partial charge in [0.15, 0.2) is 0 Å². The number of nitro groups is 1. The second kappa shape index (κ2) is 5.92. The van der Waals surface area contributed by atoms with Gasteiger partial charge in [-0.3, -0.25) is 14.9 Å². The van der Waals surface area contributed by atoms with Gasteiger partial charge in [-0.15, -0.1) is 0 Å². The molecule has 21 heavy (non-hydrogen) atoms. The van der Waals surface area contributed by atoms with E-state index in [2.05, 4.69) is 21.2 Å². The highest BCUT2D eigenvalue weighted by atomic mass is 79.9. The van der Waals surface area contributed by atoms with Gasteiger partial charge in [-0.05, 0) is 52.7 Å². The summed E-state index contributed by atoms with van der Waals surface area (Å²) in [5.74, 6) is -0.716. The Morgan fingerprint density at radius 3 is 2.62 bits per heavy atom. The second-order valence-electron chi connectivity index (χ2n) is 4.40. The number of hydrogen-bond acceptors (Lipinski definition) is 4. The number of halogens is 1. The molecule has 0 spiro atoms. The Morgan fingerprint density at radius 2 is 2.00 bits per heavy atom. The number of aromatic hydroxyl groups is 1. The van der Waals surface area contributed by atoms with Gasteiger partial charge in [0.1, 0.15) is 11.4 Å². The summed E-state index contributed by atoms with van der Waals surface area (Å²) < 4.78 is 0.599. The first-order valence-electron chi connectivity index (χ1n) is 5.93. The Labute approximate surface area is 128 Å². The molecule has 108 valence electrons. The summed E-state index contributed by atoms with van der Waals surface area (Å²) in [5, 5.41) is 22.7. The Morgan fingerprint density at radius 1 is 1.29 bits per heavy atom. The molecule has 0 fully saturated rings. The summed E-state index contributed by atoms with van der Waals surface area (Å²) in [5.41, 5.74) is 0.999. The minimum Gasteiger partial charge on any atom is -0.508 e. The molecular weight excluding hydrogens is 340 g/mol. The van der Waals surface area contributed by atoms with Gasteiger partial charge in [-0.2, -0.15) is 0 Å². The highest BCUT2D eigenvalue weighted by Crippen LogP contribution is 2.29. The predicted molar refractivity (Wildman–Crippen MR) is 81.6 cm³/mol. The van der Waals surface area contributed by atoms with E-state index in [1.54, 1.807) is 18.2 Å². The molecule has 0 heterocycles. The van der Waals surface area contributed by atoms with E-state index < -0.39 is 10.8 Å². The zero-order valence-corrected chi connectivity index (χ0v) is 12.5. The van der Waals surface area contributed by atoms with Crippen molar-refractivity contribution in [3.05, 3.63) is 62.1 Å². The molecule has 0 bridgehead atoms. The zero-order chi connectivity index (χ0) is 15.6. The number of hydrogen-bond donors (Lipinski definition) is 2. The summed E-state index contributed by atoms with van der Waals surface area (Å²) in [7, 11) is 0. The highest BCUT2D eigenvalue weighted by molar-refractivity contribution is 9.10. The molecule has 2 rings (SSSR count). The van der Waals surface area contributed by atoms with Gasteiger partial charge >= 0.3 is 0 Å². The molecule has 0 atom stereocenters. The first kappa shape index (κ1) is 15.0. The minimum atomic E-state index is -0.667. The first-order valence-corrected chi connectivity index (χ1v) is 6.72. The van der Waals surface area contributed by atoms with Crippen molar-refractivity contribution in [3.63, 3.8) is 0 Å². The largest absolute Gasteiger partial charge is 0.508 e. The standard InChI is InChI=1S/C14H11BrN2O4/c1-8-2-4-10(11(15)6-8)14(19)16-12-5-3-9(18)7-13(12)17(20)21/h2-7,18H,1H3,(H,16,19). The average Bonchev–Trinajstić information content (AvgIpc) is 2.40. The van der Waals surface area contributed by atoms with Crippen LogP contribution < -0.4 is 5.32 Å². The van der Waals surface area contributed by atoms with E-state index in [0.717, 1.165) is 11.6 Å². The van der Waals surface area contributed by atoms with E-state index in [9.17, 15) is 20.0 Å². The highest BCUT2D eigenvalue weighted by Gasteiger charge is 2.18. The van der Waals surface area contributed by atoms with Crippen molar-refractivity contribution < 1.29 is 14.8 Å². The molecule has 0 aliphatic carbocycles. The third-order valence-corrected chi connectivity index (χ3v) is 3.45. The van der Waals surface area contributed by atoms with E-state index in [0.29, 0.717) is 10.0 Å². The topological polar surface area (TPSA) is 92.5 Å². The fourth-order valence-corrected chi connectivity index (χ4v) is 2.44. The van der Waals surface area contributed by atoms with Crippen LogP contribution in [0.1, 0.15) is 15.9 Å². The molecule has 6 nitrogen and oxygen atoms in total. The quantitative estimate of drug-likeness (QED) is 0.502. The summed E-state index contributed by atoms with van der Waals surface area (Å²) in [6.45, 7) is 1.89. The van der Waals surface area contributed by atoms with E-state index in [1.165, 1.54) is 12.1 Å². The van der Waals surface area contributed by atoms with Gasteiger partial charge in [0, 0.05) is 4.47 Å². The van der Waals surface area contributed by atoms with Gasteiger partial charge in [0.2, 0.25) is 0 Å². The van der Waals surface area contributed by atoms with Crippen molar-refractivity contribution >= 4 is 33.2 Å². The Balaban J connectivity index is 2.34. The van der Waals surface area contributed by atoms with Gasteiger partial charge < -0.3 is 10.4 Å². The number of carbonyl (C=O) groups excluding carboxylic acids is 1. The van der Waals surface area contributed by atoms with Crippen molar-refractivity contribution in [2.24, 2.45) is 0 Å². The Bertz CT molecular complexity index is 731. The number of benzene rings is 2. The zero-order valence-electron chi connectivity index (χ0n) is 11.0. The van der Waals surface area contributed by atoms with Gasteiger partial charge in [0.25, 0.3) is 11.6 Å². The number of nitrogens with zero attached hydrogens (tertiary/aromatic N) is 1. The van der Waals surface area contributed by atoms with Crippen LogP contribution in [-0.2, 0) is 0 Å². The normalized spacial score (nSPS) is 10.2. The van der Waals surface area contributed by atoms with Crippen molar-refractivity contribution in [2.45, 2.75) is 6.92 Å². The number of nitro benzene ring substituents is 1. The summed E-state index contributed by atoms with van der Waals surface area (Å²) in [6, 6.07) is 8.71. The van der Waals surface area contributed by atoms with Crippen LogP contribution >= 0.6 is 15.9 Å². The molecule has 7 heteroatoms. The van der Waals surface area contributed by atoms with Crippen LogP contribution in [0.3, 0.4) is 0 Å². The van der Waals surface area contributed by atoms with E-state index in [-0.39, 0.29) is 17.1 Å². The molecule has 0 aliphatic heterocycles. The fraction of sp³-hybridized carbons (Fsp3) is 0.0714. The maximum absolute atomic E-state index is 12.2. The lowest BCUT2D eigenvalue weighted by atomic mass is 10.1. The number of nitrogens with one attached hydrogen (secondary N) is 1. The van der Waals surface area contributed by atoms with Crippen LogP contribution in [0.15, 0.2) is 40.9 Å². The molecule has 0 aliphatic rings. The molecule has 0 unspecified atom stereocenters. The molecule has 0 saturated carbocycles. The van der Waals surface area contributed by atoms with Gasteiger partial charge in [0.05, 0.1) is 16.6 Å². The van der Waals surface area contributed by atoms with Crippen LogP contribution in [0.25, 0.3) is 0 Å². The van der Waals surface area contributed by atoms with Gasteiger partial charge in [-0.25, -0.2) is 0 Å². The number of carbonyl (C=O) groups is 1. The van der Waals surface area contributed by atoms with Crippen LogP contribution in [0.2, 0.25) is 0 Å². The first-order chi connectivity index (χ1) is 9.88. The monoisotopic (exact) mass is 350 g/mol. The van der Waals surface area contributed by atoms with Gasteiger partial charge in [-0.1, -0.05) is 6.07 Å². The minimum absolute atomic E-state index is 0.0234. The van der Waals surface area contributed by atoms with Crippen molar-refractivity contribution in [1.82, 2.24) is 0 Å². The molecule has 2 aromatic rings. The lowest BCUT2D eigenvalue weighted by Gasteiger charge is -2.08. The summed E-state index contributed by atoms with van der Waals surface area (Å²) in [4.78, 5) is 22.5. The molecule has 0 aromatic heterocycles. The van der Waals surface area contributed by atoms with Crippen molar-refractivity contribution in [1.29, 1.82) is 0 Å². The third kappa shape index (κ3) is 3.38. The number of aryl methyl sites for hydroxylation is 1. The van der Waals surface area contributed by atoms with Crippen LogP contribution in [-0.4, -0.2) is 15.9 Å². The molecule has 2 aromatic carbocycles. The second-order valence-corrected chi connectivity index (χ2v) is 5.25. The SMILES string of the molecule is Cc1ccc(C(=O)Nc2ccc(O)cc2[N+](=O)[O-])c(Br)c1. The van der Waals surface area contributed by atoms with Crippen molar-refractivity contribution in [2.75, 3.05) is 5.32 Å². The number of phenols is 1. The molecule has 1 amide bonds. The Kier molecular flexibility index (Phi) is 4.23. The number of anilines is 1. The molecular formula is C14H11BrN2O4. The fourth-order valence-electron chi connectivity index (χ4n) is 1.77. The summed E-state index contributed by atoms with van der Waals surface area (Å²) >= 11 is 3.29. The smallest absolute Gasteiger partial charge is 0.296 e. The lowest BCUT2D eigenvalue weighted by molar-refractivity contribution is -0.384. The number of phenolic OH excluding ortho intramolecular Hbond substituents is 1. The van der Waals surface area contributed by atoms with E-state index in [4.69, 9.17) is 0 Å².